The molecule has 280 valence electrons. The lowest BCUT2D eigenvalue weighted by atomic mass is 9.79. The number of hydrogen-bond acceptors (Lipinski definition) is 7. The molecule has 0 amide bonds. The van der Waals surface area contributed by atoms with Crippen molar-refractivity contribution >= 4 is 56.5 Å². The highest BCUT2D eigenvalue weighted by molar-refractivity contribution is 6.58. The third-order valence-electron chi connectivity index (χ3n) is 10.4. The summed E-state index contributed by atoms with van der Waals surface area (Å²) in [4.78, 5) is 14.6. The maximum absolute atomic E-state index is 9.35. The molecule has 0 radical (unpaired) electrons. The zero-order chi connectivity index (χ0) is 39.7. The number of furan rings is 2. The summed E-state index contributed by atoms with van der Waals surface area (Å²) < 4.78 is 12.3. The Hall–Kier alpha value is -7.65. The average Bonchev–Trinajstić information content (AvgIpc) is 3.89. The molecule has 0 bridgehead atoms. The van der Waals surface area contributed by atoms with Crippen molar-refractivity contribution in [2.24, 2.45) is 0 Å². The van der Waals surface area contributed by atoms with E-state index in [1.165, 1.54) is 0 Å². The normalized spacial score (nSPS) is 11.2. The van der Waals surface area contributed by atoms with Crippen molar-refractivity contribution in [2.75, 3.05) is 0 Å². The molecule has 59 heavy (non-hydrogen) atoms. The molecule has 11 aromatic rings. The molecule has 0 spiro atoms. The standard InChI is InChI=1S/C33H21N3O.C18H13BO3/c1-3-11-22(12-4-1)31-34-32(23-13-5-2-6-14-23)36-33(35-31)25-16-9-15-24(21-25)26-18-10-19-28-27-17-7-8-20-29(27)37-30(26)28;20-19(21)13-6-3-5-12(11-13)14-8-4-9-16-15-7-1-2-10-17(15)22-18(14)16/h1-21H;1-11,20-21H. The molecule has 0 aliphatic rings. The van der Waals surface area contributed by atoms with Gasteiger partial charge in [-0.1, -0.05) is 176 Å². The van der Waals surface area contributed by atoms with Crippen LogP contribution in [0.25, 0.3) is 100 Å². The molecule has 0 saturated heterocycles. The molecule has 0 aliphatic heterocycles. The molecule has 3 heterocycles. The van der Waals surface area contributed by atoms with Crippen molar-refractivity contribution < 1.29 is 18.9 Å². The van der Waals surface area contributed by atoms with E-state index in [1.54, 1.807) is 12.1 Å². The number of aromatic nitrogens is 3. The van der Waals surface area contributed by atoms with E-state index in [1.807, 2.05) is 146 Å². The van der Waals surface area contributed by atoms with Crippen LogP contribution in [-0.2, 0) is 0 Å². The van der Waals surface area contributed by atoms with Gasteiger partial charge in [0.15, 0.2) is 17.5 Å². The van der Waals surface area contributed by atoms with Crippen LogP contribution >= 0.6 is 0 Å². The summed E-state index contributed by atoms with van der Waals surface area (Å²) >= 11 is 0. The van der Waals surface area contributed by atoms with Gasteiger partial charge in [0.2, 0.25) is 0 Å². The van der Waals surface area contributed by atoms with Crippen molar-refractivity contribution in [3.8, 4) is 56.4 Å². The number of rotatable bonds is 6. The first-order valence-corrected chi connectivity index (χ1v) is 19.3. The molecule has 2 N–H and O–H groups in total. The van der Waals surface area contributed by atoms with Crippen molar-refractivity contribution in [1.29, 1.82) is 0 Å². The predicted octanol–water partition coefficient (Wildman–Crippen LogP) is 11.4. The fourth-order valence-corrected chi connectivity index (χ4v) is 7.58. The van der Waals surface area contributed by atoms with Crippen molar-refractivity contribution in [3.05, 3.63) is 194 Å². The van der Waals surface area contributed by atoms with Gasteiger partial charge in [0.05, 0.1) is 0 Å². The molecule has 7 nitrogen and oxygen atoms in total. The van der Waals surface area contributed by atoms with Gasteiger partial charge < -0.3 is 18.9 Å². The van der Waals surface area contributed by atoms with Crippen LogP contribution in [0, 0.1) is 0 Å². The maximum Gasteiger partial charge on any atom is 0.488 e. The minimum atomic E-state index is -1.48. The lowest BCUT2D eigenvalue weighted by molar-refractivity contribution is 0.426. The number of hydrogen-bond donors (Lipinski definition) is 2. The Morgan fingerprint density at radius 2 is 0.729 bits per heavy atom. The number of para-hydroxylation sites is 4. The molecule has 0 aliphatic carbocycles. The first kappa shape index (κ1) is 35.7. The smallest absolute Gasteiger partial charge is 0.455 e. The van der Waals surface area contributed by atoms with Gasteiger partial charge in [-0.3, -0.25) is 0 Å². The van der Waals surface area contributed by atoms with E-state index in [0.29, 0.717) is 22.9 Å². The largest absolute Gasteiger partial charge is 0.488 e. The fraction of sp³-hybridized carbons (Fsp3) is 0. The minimum absolute atomic E-state index is 0.464. The van der Waals surface area contributed by atoms with E-state index >= 15 is 0 Å². The van der Waals surface area contributed by atoms with Gasteiger partial charge in [-0.2, -0.15) is 0 Å². The highest BCUT2D eigenvalue weighted by Gasteiger charge is 2.17. The topological polar surface area (TPSA) is 105 Å². The van der Waals surface area contributed by atoms with E-state index in [0.717, 1.165) is 82.8 Å². The quantitative estimate of drug-likeness (QED) is 0.162. The Balaban J connectivity index is 0.000000163. The van der Waals surface area contributed by atoms with Gasteiger partial charge in [-0.15, -0.1) is 0 Å². The lowest BCUT2D eigenvalue weighted by Crippen LogP contribution is -2.29. The van der Waals surface area contributed by atoms with E-state index < -0.39 is 7.12 Å². The zero-order valence-corrected chi connectivity index (χ0v) is 31.6. The second-order valence-corrected chi connectivity index (χ2v) is 14.2. The summed E-state index contributed by atoms with van der Waals surface area (Å²) in [5, 5.41) is 23.1. The molecule has 8 aromatic carbocycles. The van der Waals surface area contributed by atoms with Crippen molar-refractivity contribution in [1.82, 2.24) is 15.0 Å². The van der Waals surface area contributed by atoms with Crippen LogP contribution in [0.1, 0.15) is 0 Å². The summed E-state index contributed by atoms with van der Waals surface area (Å²) in [5.41, 5.74) is 10.6. The molecule has 0 fully saturated rings. The SMILES string of the molecule is OB(O)c1cccc(-c2cccc3c2oc2ccccc23)c1.c1ccc(-c2nc(-c3ccccc3)nc(-c3cccc(-c4cccc5c4oc4ccccc45)c3)n2)cc1. The Labute approximate surface area is 339 Å². The van der Waals surface area contributed by atoms with E-state index in [9.17, 15) is 10.0 Å². The van der Waals surface area contributed by atoms with E-state index in [-0.39, 0.29) is 0 Å². The summed E-state index contributed by atoms with van der Waals surface area (Å²) in [6.07, 6.45) is 0. The summed E-state index contributed by atoms with van der Waals surface area (Å²) in [6.45, 7) is 0. The van der Waals surface area contributed by atoms with Crippen LogP contribution < -0.4 is 5.46 Å². The highest BCUT2D eigenvalue weighted by atomic mass is 16.4. The second kappa shape index (κ2) is 15.4. The molecular formula is C51H34BN3O4. The molecule has 3 aromatic heterocycles. The monoisotopic (exact) mass is 763 g/mol. The molecular weight excluding hydrogens is 729 g/mol. The molecule has 0 unspecified atom stereocenters. The van der Waals surface area contributed by atoms with Crippen molar-refractivity contribution in [2.45, 2.75) is 0 Å². The van der Waals surface area contributed by atoms with Crippen molar-refractivity contribution in [3.63, 3.8) is 0 Å². The van der Waals surface area contributed by atoms with Gasteiger partial charge in [0.25, 0.3) is 0 Å². The lowest BCUT2D eigenvalue weighted by Gasteiger charge is -2.10. The van der Waals surface area contributed by atoms with Gasteiger partial charge in [0, 0.05) is 49.4 Å². The maximum atomic E-state index is 9.35. The number of benzene rings is 8. The first-order valence-electron chi connectivity index (χ1n) is 19.3. The van der Waals surface area contributed by atoms with Crippen LogP contribution in [0.5, 0.6) is 0 Å². The van der Waals surface area contributed by atoms with Gasteiger partial charge >= 0.3 is 7.12 Å². The first-order chi connectivity index (χ1) is 29.1. The predicted molar refractivity (Wildman–Crippen MR) is 238 cm³/mol. The third-order valence-corrected chi connectivity index (χ3v) is 10.4. The molecule has 0 saturated carbocycles. The molecule has 0 atom stereocenters. The Bertz CT molecular complexity index is 3210. The molecule has 8 heteroatoms. The summed E-state index contributed by atoms with van der Waals surface area (Å²) in [5.74, 6) is 1.93. The van der Waals surface area contributed by atoms with E-state index in [4.69, 9.17) is 23.8 Å². The second-order valence-electron chi connectivity index (χ2n) is 14.2. The summed E-state index contributed by atoms with van der Waals surface area (Å²) in [7, 11) is -1.48. The van der Waals surface area contributed by atoms with E-state index in [2.05, 4.69) is 36.4 Å². The highest BCUT2D eigenvalue weighted by Crippen LogP contribution is 2.38. The third kappa shape index (κ3) is 6.93. The Morgan fingerprint density at radius 1 is 0.339 bits per heavy atom. The number of fused-ring (bicyclic) bond motifs is 6. The number of nitrogens with zero attached hydrogens (tertiary/aromatic N) is 3. The fourth-order valence-electron chi connectivity index (χ4n) is 7.58. The molecule has 11 rings (SSSR count). The Morgan fingerprint density at radius 3 is 1.25 bits per heavy atom. The summed E-state index contributed by atoms with van der Waals surface area (Å²) in [6, 6.07) is 63.9. The van der Waals surface area contributed by atoms with Gasteiger partial charge in [0.1, 0.15) is 22.3 Å². The van der Waals surface area contributed by atoms with Crippen LogP contribution in [0.4, 0.5) is 0 Å². The van der Waals surface area contributed by atoms with Crippen LogP contribution in [0.2, 0.25) is 0 Å². The van der Waals surface area contributed by atoms with Gasteiger partial charge in [-0.05, 0) is 34.8 Å². The Kier molecular flexibility index (Phi) is 9.31. The zero-order valence-electron chi connectivity index (χ0n) is 31.6. The average molecular weight is 764 g/mol. The van der Waals surface area contributed by atoms with Crippen LogP contribution in [0.15, 0.2) is 203 Å². The van der Waals surface area contributed by atoms with Crippen LogP contribution in [0.3, 0.4) is 0 Å². The van der Waals surface area contributed by atoms with Crippen LogP contribution in [-0.4, -0.2) is 32.1 Å². The minimum Gasteiger partial charge on any atom is -0.455 e. The van der Waals surface area contributed by atoms with Gasteiger partial charge in [-0.25, -0.2) is 15.0 Å².